The Balaban J connectivity index is 0.00000264. The zero-order valence-corrected chi connectivity index (χ0v) is 17.8. The minimum atomic E-state index is 0. The first-order chi connectivity index (χ1) is 10.6. The fourth-order valence-corrected chi connectivity index (χ4v) is 4.01. The zero-order chi connectivity index (χ0) is 15.9. The van der Waals surface area contributed by atoms with Gasteiger partial charge in [-0.25, -0.2) is 4.98 Å². The molecule has 1 atom stereocenters. The molecule has 2 heterocycles. The number of aryl methyl sites for hydroxylation is 2. The van der Waals surface area contributed by atoms with Crippen LogP contribution in [0.1, 0.15) is 35.3 Å². The molecule has 1 aromatic heterocycles. The maximum atomic E-state index is 4.47. The number of hydrogen-bond acceptors (Lipinski definition) is 4. The van der Waals surface area contributed by atoms with Crippen molar-refractivity contribution < 1.29 is 0 Å². The van der Waals surface area contributed by atoms with Crippen molar-refractivity contribution in [2.24, 2.45) is 4.99 Å². The van der Waals surface area contributed by atoms with Crippen LogP contribution in [0.5, 0.6) is 0 Å². The van der Waals surface area contributed by atoms with Crippen molar-refractivity contribution in [2.45, 2.75) is 46.1 Å². The van der Waals surface area contributed by atoms with Crippen molar-refractivity contribution in [3.63, 3.8) is 0 Å². The monoisotopic (exact) mass is 451 g/mol. The van der Waals surface area contributed by atoms with E-state index >= 15 is 0 Å². The lowest BCUT2D eigenvalue weighted by molar-refractivity contribution is 0.267. The molecule has 1 saturated heterocycles. The number of halogens is 1. The van der Waals surface area contributed by atoms with Crippen LogP contribution in [0.3, 0.4) is 0 Å². The van der Waals surface area contributed by atoms with Gasteiger partial charge in [0, 0.05) is 37.5 Å². The van der Waals surface area contributed by atoms with Crippen LogP contribution in [0, 0.1) is 13.8 Å². The Hall–Kier alpha value is -0.410. The number of likely N-dealkylation sites (tertiary alicyclic amines) is 1. The molecule has 23 heavy (non-hydrogen) atoms. The highest BCUT2D eigenvalue weighted by atomic mass is 127. The lowest BCUT2D eigenvalue weighted by Crippen LogP contribution is -2.45. The number of thiazole rings is 1. The van der Waals surface area contributed by atoms with Crippen LogP contribution in [0.2, 0.25) is 0 Å². The molecule has 0 radical (unpaired) electrons. The van der Waals surface area contributed by atoms with E-state index < -0.39 is 0 Å². The van der Waals surface area contributed by atoms with E-state index in [1.54, 1.807) is 11.3 Å². The highest BCUT2D eigenvalue weighted by molar-refractivity contribution is 14.0. The topological polar surface area (TPSA) is 52.5 Å². The van der Waals surface area contributed by atoms with Crippen molar-refractivity contribution in [2.75, 3.05) is 33.2 Å². The van der Waals surface area contributed by atoms with E-state index in [2.05, 4.69) is 46.3 Å². The van der Waals surface area contributed by atoms with Gasteiger partial charge in [0.05, 0.1) is 10.7 Å². The summed E-state index contributed by atoms with van der Waals surface area (Å²) in [5, 5.41) is 8.03. The minimum absolute atomic E-state index is 0. The third-order valence-electron chi connectivity index (χ3n) is 4.28. The molecule has 0 aromatic carbocycles. The third-order valence-corrected chi connectivity index (χ3v) is 5.41. The summed E-state index contributed by atoms with van der Waals surface area (Å²) in [7, 11) is 1.84. The van der Waals surface area contributed by atoms with E-state index in [1.165, 1.54) is 24.3 Å². The van der Waals surface area contributed by atoms with Crippen molar-refractivity contribution in [1.82, 2.24) is 20.5 Å². The minimum Gasteiger partial charge on any atom is -0.356 e. The molecule has 0 saturated carbocycles. The fraction of sp³-hybridized carbons (Fsp3) is 0.750. The predicted molar refractivity (Wildman–Crippen MR) is 110 cm³/mol. The molecule has 0 aliphatic carbocycles. The van der Waals surface area contributed by atoms with E-state index in [-0.39, 0.29) is 24.0 Å². The zero-order valence-electron chi connectivity index (χ0n) is 14.7. The van der Waals surface area contributed by atoms with Gasteiger partial charge in [0.25, 0.3) is 0 Å². The average molecular weight is 451 g/mol. The summed E-state index contributed by atoms with van der Waals surface area (Å²) in [6.07, 6.45) is 3.61. The normalized spacial score (nSPS) is 18.8. The van der Waals surface area contributed by atoms with Crippen LogP contribution >= 0.6 is 35.3 Å². The van der Waals surface area contributed by atoms with E-state index in [0.717, 1.165) is 42.7 Å². The maximum Gasteiger partial charge on any atom is 0.191 e. The SMILES string of the molecule is CCN1CCCC1CNC(=NC)NCCc1sc(C)nc1C.I. The highest BCUT2D eigenvalue weighted by Gasteiger charge is 2.22. The molecule has 7 heteroatoms. The van der Waals surface area contributed by atoms with Gasteiger partial charge in [0.1, 0.15) is 0 Å². The number of aliphatic imine (C=N–C) groups is 1. The highest BCUT2D eigenvalue weighted by Crippen LogP contribution is 2.17. The molecule has 0 spiro atoms. The van der Waals surface area contributed by atoms with Gasteiger partial charge < -0.3 is 10.6 Å². The molecule has 0 amide bonds. The van der Waals surface area contributed by atoms with E-state index in [9.17, 15) is 0 Å². The van der Waals surface area contributed by atoms with Gasteiger partial charge in [-0.3, -0.25) is 9.89 Å². The molecule has 1 unspecified atom stereocenters. The number of likely N-dealkylation sites (N-methyl/N-ethyl adjacent to an activating group) is 1. The largest absolute Gasteiger partial charge is 0.356 e. The lowest BCUT2D eigenvalue weighted by atomic mass is 10.2. The van der Waals surface area contributed by atoms with Crippen LogP contribution in [0.4, 0.5) is 0 Å². The number of nitrogens with zero attached hydrogens (tertiary/aromatic N) is 3. The Bertz CT molecular complexity index is 503. The number of rotatable bonds is 6. The van der Waals surface area contributed by atoms with Crippen LogP contribution in [0.25, 0.3) is 0 Å². The smallest absolute Gasteiger partial charge is 0.191 e. The van der Waals surface area contributed by atoms with Gasteiger partial charge in [-0.05, 0) is 39.8 Å². The number of nitrogens with one attached hydrogen (secondary N) is 2. The molecule has 0 bridgehead atoms. The second kappa shape index (κ2) is 10.5. The molecule has 1 aliphatic heterocycles. The second-order valence-electron chi connectivity index (χ2n) is 5.80. The van der Waals surface area contributed by atoms with Crippen LogP contribution in [0.15, 0.2) is 4.99 Å². The Morgan fingerprint density at radius 2 is 2.17 bits per heavy atom. The average Bonchev–Trinajstić information content (AvgIpc) is 3.08. The predicted octanol–water partition coefficient (Wildman–Crippen LogP) is 2.57. The van der Waals surface area contributed by atoms with E-state index in [1.807, 2.05) is 7.05 Å². The molecule has 2 rings (SSSR count). The van der Waals surface area contributed by atoms with Crippen molar-refractivity contribution in [1.29, 1.82) is 0 Å². The summed E-state index contributed by atoms with van der Waals surface area (Å²) in [6.45, 7) is 10.6. The van der Waals surface area contributed by atoms with Gasteiger partial charge >= 0.3 is 0 Å². The first-order valence-electron chi connectivity index (χ1n) is 8.25. The summed E-state index contributed by atoms with van der Waals surface area (Å²) in [6, 6.07) is 0.648. The van der Waals surface area contributed by atoms with Gasteiger partial charge in [-0.2, -0.15) is 0 Å². The maximum absolute atomic E-state index is 4.47. The second-order valence-corrected chi connectivity index (χ2v) is 7.08. The quantitative estimate of drug-likeness (QED) is 0.397. The van der Waals surface area contributed by atoms with E-state index in [4.69, 9.17) is 0 Å². The van der Waals surface area contributed by atoms with Crippen molar-refractivity contribution in [3.05, 3.63) is 15.6 Å². The summed E-state index contributed by atoms with van der Waals surface area (Å²) in [4.78, 5) is 12.7. The molecule has 132 valence electrons. The molecule has 5 nitrogen and oxygen atoms in total. The Labute approximate surface area is 161 Å². The van der Waals surface area contributed by atoms with Gasteiger partial charge in [-0.15, -0.1) is 35.3 Å². The number of aromatic nitrogens is 1. The van der Waals surface area contributed by atoms with E-state index in [0.29, 0.717) is 6.04 Å². The Morgan fingerprint density at radius 3 is 2.78 bits per heavy atom. The molecule has 1 aliphatic rings. The summed E-state index contributed by atoms with van der Waals surface area (Å²) in [5.74, 6) is 0.904. The first-order valence-corrected chi connectivity index (χ1v) is 9.07. The van der Waals surface area contributed by atoms with Gasteiger partial charge in [0.2, 0.25) is 0 Å². The molecule has 1 fully saturated rings. The van der Waals surface area contributed by atoms with Crippen LogP contribution < -0.4 is 10.6 Å². The van der Waals surface area contributed by atoms with Gasteiger partial charge in [0.15, 0.2) is 5.96 Å². The molecule has 2 N–H and O–H groups in total. The van der Waals surface area contributed by atoms with Gasteiger partial charge in [-0.1, -0.05) is 6.92 Å². The van der Waals surface area contributed by atoms with Crippen LogP contribution in [-0.2, 0) is 6.42 Å². The number of hydrogen-bond donors (Lipinski definition) is 2. The lowest BCUT2D eigenvalue weighted by Gasteiger charge is -2.23. The molecular formula is C16H30IN5S. The summed E-state index contributed by atoms with van der Waals surface area (Å²) < 4.78 is 0. The summed E-state index contributed by atoms with van der Waals surface area (Å²) in [5.41, 5.74) is 1.16. The van der Waals surface area contributed by atoms with Crippen LogP contribution in [-0.4, -0.2) is 55.1 Å². The summed E-state index contributed by atoms with van der Waals surface area (Å²) >= 11 is 1.79. The van der Waals surface area contributed by atoms with Crippen molar-refractivity contribution in [3.8, 4) is 0 Å². The van der Waals surface area contributed by atoms with Crippen molar-refractivity contribution >= 4 is 41.3 Å². The standard InChI is InChI=1S/C16H29N5S.HI/c1-5-21-10-6-7-14(21)11-19-16(17-4)18-9-8-15-12(2)20-13(3)22-15;/h14H,5-11H2,1-4H3,(H2,17,18,19);1H. The fourth-order valence-electron chi connectivity index (χ4n) is 3.08. The third kappa shape index (κ3) is 6.19. The number of guanidine groups is 1. The Kier molecular flexibility index (Phi) is 9.38. The first kappa shape index (κ1) is 20.6. The Morgan fingerprint density at radius 1 is 1.39 bits per heavy atom. The molecular weight excluding hydrogens is 421 g/mol. The molecule has 1 aromatic rings.